The van der Waals surface area contributed by atoms with Crippen molar-refractivity contribution in [1.29, 1.82) is 0 Å². The van der Waals surface area contributed by atoms with E-state index >= 15 is 0 Å². The van der Waals surface area contributed by atoms with Crippen molar-refractivity contribution in [1.82, 2.24) is 0 Å². The number of rotatable bonds is 1. The first-order valence-electron chi connectivity index (χ1n) is 4.43. The number of hydrogen-bond donors (Lipinski definition) is 0. The van der Waals surface area contributed by atoms with Gasteiger partial charge in [0.05, 0.1) is 0 Å². The molecule has 2 aromatic rings. The van der Waals surface area contributed by atoms with Crippen molar-refractivity contribution < 1.29 is 0 Å². The van der Waals surface area contributed by atoms with Crippen molar-refractivity contribution in [3.05, 3.63) is 22.9 Å². The Bertz CT molecular complexity index is 401. The van der Waals surface area contributed by atoms with E-state index in [9.17, 15) is 0 Å². The van der Waals surface area contributed by atoms with Gasteiger partial charge < -0.3 is 0 Å². The van der Waals surface area contributed by atoms with Crippen LogP contribution >= 0.6 is 22.7 Å². The molecule has 0 bridgehead atoms. The Labute approximate surface area is 90.3 Å². The Kier molecular flexibility index (Phi) is 1.89. The molecule has 13 heavy (non-hydrogen) atoms. The molecule has 0 amide bonds. The van der Waals surface area contributed by atoms with Crippen LogP contribution in [0.25, 0.3) is 9.75 Å². The molecule has 3 rings (SSSR count). The first kappa shape index (κ1) is 8.27. The van der Waals surface area contributed by atoms with Crippen LogP contribution in [-0.4, -0.2) is 14.3 Å². The summed E-state index contributed by atoms with van der Waals surface area (Å²) in [4.78, 5) is 3.20. The molecular formula is C10H9GeS2. The Hall–Kier alpha value is -0.0571. The van der Waals surface area contributed by atoms with E-state index < -0.39 is 14.3 Å². The Morgan fingerprint density at radius 3 is 2.08 bits per heavy atom. The van der Waals surface area contributed by atoms with E-state index in [2.05, 4.69) is 29.8 Å². The van der Waals surface area contributed by atoms with Crippen molar-refractivity contribution in [3.8, 4) is 9.75 Å². The molecule has 0 saturated carbocycles. The molecule has 0 atom stereocenters. The van der Waals surface area contributed by atoms with Gasteiger partial charge in [-0.1, -0.05) is 0 Å². The number of hydrogen-bond acceptors (Lipinski definition) is 2. The topological polar surface area (TPSA) is 0 Å². The summed E-state index contributed by atoms with van der Waals surface area (Å²) in [6.07, 6.45) is 0. The summed E-state index contributed by atoms with van der Waals surface area (Å²) in [7, 11) is 0. The van der Waals surface area contributed by atoms with Gasteiger partial charge in [-0.2, -0.15) is 0 Å². The van der Waals surface area contributed by atoms with Crippen molar-refractivity contribution in [3.63, 3.8) is 0 Å². The Morgan fingerprint density at radius 2 is 1.62 bits per heavy atom. The number of fused-ring (bicyclic) bond motifs is 3. The third-order valence-corrected chi connectivity index (χ3v) is 11.3. The van der Waals surface area contributed by atoms with Crippen LogP contribution in [-0.2, 0) is 0 Å². The van der Waals surface area contributed by atoms with Crippen LogP contribution in [0.5, 0.6) is 0 Å². The SMILES string of the molecule is C[CH2][Ge]1[c]2ccsc2-c2scc[c]21. The van der Waals surface area contributed by atoms with Gasteiger partial charge in [0.15, 0.2) is 0 Å². The summed E-state index contributed by atoms with van der Waals surface area (Å²) in [6, 6.07) is 4.73. The average Bonchev–Trinajstić information content (AvgIpc) is 2.71. The fourth-order valence-electron chi connectivity index (χ4n) is 1.97. The Morgan fingerprint density at radius 1 is 1.08 bits per heavy atom. The maximum absolute atomic E-state index is 2.37. The fourth-order valence-corrected chi connectivity index (χ4v) is 11.7. The van der Waals surface area contributed by atoms with Crippen LogP contribution in [0, 0.1) is 0 Å². The summed E-state index contributed by atoms with van der Waals surface area (Å²) in [5, 5.41) is 5.92. The second-order valence-corrected chi connectivity index (χ2v) is 10.7. The Balaban J connectivity index is 2.30. The summed E-state index contributed by atoms with van der Waals surface area (Å²) >= 11 is 2.84. The van der Waals surface area contributed by atoms with Gasteiger partial charge in [0.1, 0.15) is 0 Å². The van der Waals surface area contributed by atoms with Crippen LogP contribution in [0.15, 0.2) is 22.9 Å². The van der Waals surface area contributed by atoms with E-state index in [1.807, 2.05) is 22.7 Å². The first-order chi connectivity index (χ1) is 6.42. The van der Waals surface area contributed by atoms with Gasteiger partial charge in [0.2, 0.25) is 0 Å². The predicted octanol–water partition coefficient (Wildman–Crippen LogP) is 2.42. The van der Waals surface area contributed by atoms with Crippen molar-refractivity contribution >= 4 is 45.8 Å². The summed E-state index contributed by atoms with van der Waals surface area (Å²) in [5.41, 5.74) is 0. The van der Waals surface area contributed by atoms with E-state index in [1.165, 1.54) is 5.25 Å². The minimum absolute atomic E-state index is 1.02. The summed E-state index contributed by atoms with van der Waals surface area (Å²) in [6.45, 7) is 2.35. The van der Waals surface area contributed by atoms with Crippen LogP contribution in [0.3, 0.4) is 0 Å². The minimum atomic E-state index is -1.02. The second-order valence-electron chi connectivity index (χ2n) is 3.16. The quantitative estimate of drug-likeness (QED) is 0.695. The van der Waals surface area contributed by atoms with Crippen LogP contribution in [0.1, 0.15) is 6.92 Å². The summed E-state index contributed by atoms with van der Waals surface area (Å²) < 4.78 is 3.46. The third kappa shape index (κ3) is 1.02. The summed E-state index contributed by atoms with van der Waals surface area (Å²) in [5.74, 6) is 0. The zero-order valence-electron chi connectivity index (χ0n) is 7.33. The number of thiophene rings is 2. The van der Waals surface area contributed by atoms with E-state index in [1.54, 1.807) is 18.5 Å². The van der Waals surface area contributed by atoms with Gasteiger partial charge in [-0.05, 0) is 0 Å². The molecule has 65 valence electrons. The van der Waals surface area contributed by atoms with Gasteiger partial charge in [-0.15, -0.1) is 0 Å². The van der Waals surface area contributed by atoms with Gasteiger partial charge in [-0.25, -0.2) is 0 Å². The average molecular weight is 266 g/mol. The second kappa shape index (κ2) is 2.97. The van der Waals surface area contributed by atoms with Gasteiger partial charge >= 0.3 is 90.6 Å². The zero-order valence-corrected chi connectivity index (χ0v) is 11.1. The zero-order chi connectivity index (χ0) is 8.84. The molecular weight excluding hydrogens is 257 g/mol. The molecule has 0 spiro atoms. The molecule has 0 aromatic carbocycles. The van der Waals surface area contributed by atoms with Gasteiger partial charge in [0, 0.05) is 0 Å². The van der Waals surface area contributed by atoms with E-state index in [-0.39, 0.29) is 0 Å². The standard InChI is InChI=1S/C10H9GeS2/c1-2-11-7-3-5-12-9(7)10-8(11)4-6-13-10/h3-6H,2H2,1H3. The normalized spacial score (nSPS) is 14.5. The predicted molar refractivity (Wildman–Crippen MR) is 63.1 cm³/mol. The molecule has 1 aliphatic rings. The molecule has 0 saturated heterocycles. The monoisotopic (exact) mass is 267 g/mol. The molecule has 0 nitrogen and oxygen atoms in total. The van der Waals surface area contributed by atoms with Crippen molar-refractivity contribution in [2.75, 3.05) is 0 Å². The van der Waals surface area contributed by atoms with Crippen molar-refractivity contribution in [2.24, 2.45) is 0 Å². The maximum atomic E-state index is 2.37. The molecule has 1 radical (unpaired) electrons. The van der Waals surface area contributed by atoms with Crippen LogP contribution in [0.2, 0.25) is 5.25 Å². The van der Waals surface area contributed by atoms with Crippen molar-refractivity contribution in [2.45, 2.75) is 12.2 Å². The van der Waals surface area contributed by atoms with E-state index in [0.717, 1.165) is 0 Å². The molecule has 1 aliphatic heterocycles. The van der Waals surface area contributed by atoms with Crippen LogP contribution < -0.4 is 8.79 Å². The fraction of sp³-hybridized carbons (Fsp3) is 0.200. The van der Waals surface area contributed by atoms with Crippen LogP contribution in [0.4, 0.5) is 0 Å². The van der Waals surface area contributed by atoms with Gasteiger partial charge in [-0.3, -0.25) is 0 Å². The van der Waals surface area contributed by atoms with E-state index in [0.29, 0.717) is 0 Å². The van der Waals surface area contributed by atoms with Gasteiger partial charge in [0.25, 0.3) is 0 Å². The van der Waals surface area contributed by atoms with E-state index in [4.69, 9.17) is 0 Å². The molecule has 3 heteroatoms. The molecule has 3 heterocycles. The molecule has 2 aromatic heterocycles. The molecule has 0 aliphatic carbocycles. The molecule has 0 unspecified atom stereocenters. The molecule has 0 fully saturated rings. The first-order valence-corrected chi connectivity index (χ1v) is 9.78. The molecule has 0 N–H and O–H groups in total. The third-order valence-electron chi connectivity index (χ3n) is 2.54.